The van der Waals surface area contributed by atoms with Gasteiger partial charge >= 0.3 is 0 Å². The molecule has 2 heteroatoms. The van der Waals surface area contributed by atoms with E-state index in [1.165, 1.54) is 90.8 Å². The Morgan fingerprint density at radius 3 is 2.13 bits per heavy atom. The van der Waals surface area contributed by atoms with Gasteiger partial charge in [-0.15, -0.1) is 0 Å². The average Bonchev–Trinajstić information content (AvgIpc) is 3.66. The summed E-state index contributed by atoms with van der Waals surface area (Å²) in [5, 5.41) is 0. The lowest BCUT2D eigenvalue weighted by Crippen LogP contribution is -2.14. The summed E-state index contributed by atoms with van der Waals surface area (Å²) in [7, 11) is 0. The fourth-order valence-electron chi connectivity index (χ4n) is 10.2. The number of aliphatic imine (C=N–C) groups is 1. The molecule has 0 radical (unpaired) electrons. The van der Waals surface area contributed by atoms with E-state index in [1.807, 2.05) is 18.2 Å². The molecule has 0 saturated carbocycles. The van der Waals surface area contributed by atoms with E-state index in [0.29, 0.717) is 11.7 Å². The minimum Gasteiger partial charge on any atom is -0.457 e. The van der Waals surface area contributed by atoms with Crippen molar-refractivity contribution in [1.82, 2.24) is 0 Å². The largest absolute Gasteiger partial charge is 0.457 e. The summed E-state index contributed by atoms with van der Waals surface area (Å²) in [6.45, 7) is 27.6. The zero-order valence-electron chi connectivity index (χ0n) is 43.0. The molecule has 356 valence electrons. The molecule has 1 aliphatic heterocycles. The van der Waals surface area contributed by atoms with E-state index in [9.17, 15) is 0 Å². The third-order valence-corrected chi connectivity index (χ3v) is 14.1. The molecule has 0 saturated heterocycles. The van der Waals surface area contributed by atoms with Gasteiger partial charge in [-0.1, -0.05) is 228 Å². The first-order chi connectivity index (χ1) is 34.3. The van der Waals surface area contributed by atoms with E-state index < -0.39 is 0 Å². The third-order valence-electron chi connectivity index (χ3n) is 14.1. The minimum absolute atomic E-state index is 0.0308. The van der Waals surface area contributed by atoms with Crippen LogP contribution < -0.4 is 4.74 Å². The molecule has 10 rings (SSSR count). The quantitative estimate of drug-likeness (QED) is 0.139. The Balaban J connectivity index is 0.000000168. The lowest BCUT2D eigenvalue weighted by molar-refractivity contribution is 0.444. The molecule has 6 aromatic rings. The summed E-state index contributed by atoms with van der Waals surface area (Å²) in [5.74, 6) is 2.11. The van der Waals surface area contributed by atoms with Crippen LogP contribution in [0, 0.1) is 19.8 Å². The number of fused-ring (bicyclic) bond motifs is 4. The highest BCUT2D eigenvalue weighted by atomic mass is 16.5. The van der Waals surface area contributed by atoms with Gasteiger partial charge in [0, 0.05) is 22.3 Å². The highest BCUT2D eigenvalue weighted by Crippen LogP contribution is 2.50. The maximum Gasteiger partial charge on any atom is 0.138 e. The third kappa shape index (κ3) is 11.6. The molecule has 3 aliphatic carbocycles. The van der Waals surface area contributed by atoms with Gasteiger partial charge in [0.15, 0.2) is 0 Å². The van der Waals surface area contributed by atoms with Gasteiger partial charge in [0.25, 0.3) is 0 Å². The van der Waals surface area contributed by atoms with E-state index in [0.717, 1.165) is 53.1 Å². The number of hydrogen-bond donors (Lipinski definition) is 0. The lowest BCUT2D eigenvalue weighted by atomic mass is 9.82. The summed E-state index contributed by atoms with van der Waals surface area (Å²) in [5.41, 5.74) is 23.5. The summed E-state index contributed by atoms with van der Waals surface area (Å²) in [6.07, 6.45) is 26.4. The van der Waals surface area contributed by atoms with Gasteiger partial charge in [0.1, 0.15) is 11.5 Å². The smallest absolute Gasteiger partial charge is 0.138 e. The zero-order valence-corrected chi connectivity index (χ0v) is 43.0. The van der Waals surface area contributed by atoms with E-state index in [-0.39, 0.29) is 5.41 Å². The molecular weight excluding hydrogens is 859 g/mol. The number of hydrogen-bond acceptors (Lipinski definition) is 2. The molecule has 0 spiro atoms. The molecule has 0 fully saturated rings. The Morgan fingerprint density at radius 2 is 1.39 bits per heavy atom. The van der Waals surface area contributed by atoms with Gasteiger partial charge in [-0.05, 0) is 150 Å². The fraction of sp³-hybridized carbons (Fsp3) is 0.203. The van der Waals surface area contributed by atoms with Crippen LogP contribution in [0.1, 0.15) is 98.4 Å². The Morgan fingerprint density at radius 1 is 0.690 bits per heavy atom. The summed E-state index contributed by atoms with van der Waals surface area (Å²) in [4.78, 5) is 4.86. The van der Waals surface area contributed by atoms with Crippen molar-refractivity contribution in [1.29, 1.82) is 0 Å². The first-order valence-corrected chi connectivity index (χ1v) is 25.2. The number of allylic oxidation sites excluding steroid dienone is 13. The van der Waals surface area contributed by atoms with Crippen LogP contribution in [-0.2, 0) is 18.3 Å². The van der Waals surface area contributed by atoms with Crippen molar-refractivity contribution in [2.24, 2.45) is 10.9 Å². The van der Waals surface area contributed by atoms with Gasteiger partial charge in [-0.2, -0.15) is 0 Å². The molecule has 0 aromatic heterocycles. The van der Waals surface area contributed by atoms with E-state index in [2.05, 4.69) is 238 Å². The number of ether oxygens (including phenoxy) is 1. The zero-order chi connectivity index (χ0) is 50.1. The molecule has 4 aliphatic rings. The maximum atomic E-state index is 6.21. The second-order valence-electron chi connectivity index (χ2n) is 19.9. The highest BCUT2D eigenvalue weighted by molar-refractivity contribution is 6.04. The first-order valence-electron chi connectivity index (χ1n) is 25.2. The molecular formula is C69H69NO. The van der Waals surface area contributed by atoms with Crippen molar-refractivity contribution >= 4 is 11.4 Å². The van der Waals surface area contributed by atoms with E-state index in [1.54, 1.807) is 0 Å². The molecule has 2 nitrogen and oxygen atoms in total. The van der Waals surface area contributed by atoms with Crippen LogP contribution >= 0.6 is 0 Å². The van der Waals surface area contributed by atoms with Gasteiger partial charge < -0.3 is 4.74 Å². The SMILES string of the molecule is C=C(C)C1=CC=CCC1.C=C(N=C(C)C1=CC(C)CC=C1)c1cccc(C)c1-c1ccccc1C.C=C1/C=C\C=C/Cc2cccc(-c3ccc(Cc4cccc5c4-c4ccccc4C5(C)C)cc3)c2O1. The Bertz CT molecular complexity index is 3210. The summed E-state index contributed by atoms with van der Waals surface area (Å²) in [6, 6.07) is 45.9. The Kier molecular flexibility index (Phi) is 15.8. The highest BCUT2D eigenvalue weighted by Gasteiger charge is 2.36. The van der Waals surface area contributed by atoms with Crippen molar-refractivity contribution in [3.8, 4) is 39.1 Å². The number of aryl methyl sites for hydroxylation is 2. The van der Waals surface area contributed by atoms with Crippen LogP contribution in [0.25, 0.3) is 39.1 Å². The van der Waals surface area contributed by atoms with Crippen LogP contribution in [0.15, 0.2) is 235 Å². The standard InChI is InChI=1S/C35H30O.C25H27N.C9H12/c1-24-11-5-4-6-12-27-13-9-16-29(34(27)36-24)26-21-19-25(20-22-26)23-28-14-10-18-32-33(28)30-15-7-8-17-31(30)35(32,2)3;1-17-10-8-13-22(16-17)20(4)26-21(5)24-15-9-12-19(3)25(24)23-14-7-6-11-18(23)2;1-8(2)9-6-4-3-5-7-9/h4-11,13-22H,1,12,23H2,2-3H3;6-9,11-17H,5,10H2,1-4H3;3-4,6H,1,5,7H2,2H3/b6-4-,11-5-;;. The monoisotopic (exact) mass is 928 g/mol. The van der Waals surface area contributed by atoms with E-state index in [4.69, 9.17) is 9.73 Å². The Labute approximate surface area is 425 Å². The van der Waals surface area contributed by atoms with Gasteiger partial charge in [-0.3, -0.25) is 4.99 Å². The van der Waals surface area contributed by atoms with E-state index >= 15 is 0 Å². The number of nitrogens with zero attached hydrogens (tertiary/aromatic N) is 1. The first kappa shape index (κ1) is 49.9. The van der Waals surface area contributed by atoms with Gasteiger partial charge in [0.05, 0.1) is 5.70 Å². The molecule has 6 aromatic carbocycles. The molecule has 0 N–H and O–H groups in total. The predicted octanol–water partition coefficient (Wildman–Crippen LogP) is 18.6. The average molecular weight is 928 g/mol. The van der Waals surface area contributed by atoms with Crippen LogP contribution in [-0.4, -0.2) is 5.71 Å². The van der Waals surface area contributed by atoms with Crippen LogP contribution in [0.4, 0.5) is 0 Å². The number of para-hydroxylation sites is 1. The minimum atomic E-state index is 0.0308. The normalized spacial score (nSPS) is 17.1. The molecule has 0 amide bonds. The van der Waals surface area contributed by atoms with Crippen LogP contribution in [0.5, 0.6) is 5.75 Å². The van der Waals surface area contributed by atoms with Crippen LogP contribution in [0.2, 0.25) is 0 Å². The van der Waals surface area contributed by atoms with Crippen molar-refractivity contribution in [3.05, 3.63) is 275 Å². The summed E-state index contributed by atoms with van der Waals surface area (Å²) < 4.78 is 6.21. The fourth-order valence-corrected chi connectivity index (χ4v) is 10.2. The van der Waals surface area contributed by atoms with Crippen molar-refractivity contribution in [2.75, 3.05) is 0 Å². The molecule has 1 atom stereocenters. The summed E-state index contributed by atoms with van der Waals surface area (Å²) >= 11 is 0. The molecule has 1 unspecified atom stereocenters. The van der Waals surface area contributed by atoms with Crippen molar-refractivity contribution in [2.45, 2.75) is 86.0 Å². The Hall–Kier alpha value is -7.55. The van der Waals surface area contributed by atoms with Crippen molar-refractivity contribution in [3.63, 3.8) is 0 Å². The van der Waals surface area contributed by atoms with Gasteiger partial charge in [0.2, 0.25) is 0 Å². The topological polar surface area (TPSA) is 21.6 Å². The molecule has 1 heterocycles. The second kappa shape index (κ2) is 22.5. The predicted molar refractivity (Wildman–Crippen MR) is 306 cm³/mol. The molecule has 71 heavy (non-hydrogen) atoms. The second-order valence-corrected chi connectivity index (χ2v) is 19.9. The van der Waals surface area contributed by atoms with Crippen molar-refractivity contribution < 1.29 is 4.74 Å². The number of benzene rings is 6. The lowest BCUT2D eigenvalue weighted by Gasteiger charge is -2.21. The molecule has 0 bridgehead atoms. The maximum absolute atomic E-state index is 6.21. The van der Waals surface area contributed by atoms with Crippen LogP contribution in [0.3, 0.4) is 0 Å². The van der Waals surface area contributed by atoms with Gasteiger partial charge in [-0.25, -0.2) is 0 Å². The number of rotatable bonds is 8.